The molecule has 0 bridgehead atoms. The lowest BCUT2D eigenvalue weighted by molar-refractivity contribution is -0.137. The van der Waals surface area contributed by atoms with Crippen LogP contribution in [0.2, 0.25) is 0 Å². The number of halogens is 4. The molecule has 7 nitrogen and oxygen atoms in total. The van der Waals surface area contributed by atoms with Crippen LogP contribution in [-0.2, 0) is 15.7 Å². The fourth-order valence-electron chi connectivity index (χ4n) is 2.98. The number of hydrogen-bond donors (Lipinski definition) is 2. The van der Waals surface area contributed by atoms with Crippen molar-refractivity contribution >= 4 is 45.1 Å². The maximum Gasteiger partial charge on any atom is 0.434 e. The second-order valence-electron chi connectivity index (χ2n) is 9.46. The molecule has 0 saturated heterocycles. The van der Waals surface area contributed by atoms with E-state index in [9.17, 15) is 27.6 Å². The molecule has 0 aliphatic carbocycles. The van der Waals surface area contributed by atoms with E-state index in [2.05, 4.69) is 26.7 Å². The van der Waals surface area contributed by atoms with E-state index in [1.807, 2.05) is 13.8 Å². The van der Waals surface area contributed by atoms with Crippen molar-refractivity contribution in [2.75, 3.05) is 16.9 Å². The van der Waals surface area contributed by atoms with Crippen molar-refractivity contribution in [2.45, 2.75) is 52.8 Å². The Bertz CT molecular complexity index is 1110. The number of nitrogens with one attached hydrogen (secondary N) is 2. The number of anilines is 2. The Labute approximate surface area is 216 Å². The summed E-state index contributed by atoms with van der Waals surface area (Å²) in [6.07, 6.45) is -6.27. The first kappa shape index (κ1) is 29.2. The smallest absolute Gasteiger partial charge is 0.434 e. The van der Waals surface area contributed by atoms with Gasteiger partial charge in [-0.15, -0.1) is 0 Å². The van der Waals surface area contributed by atoms with Gasteiger partial charge in [-0.1, -0.05) is 41.9 Å². The lowest BCUT2D eigenvalue weighted by Gasteiger charge is -2.28. The lowest BCUT2D eigenvalue weighted by Crippen LogP contribution is -2.49. The Hall–Kier alpha value is -3.08. The predicted molar refractivity (Wildman–Crippen MR) is 135 cm³/mol. The van der Waals surface area contributed by atoms with Crippen LogP contribution in [0.25, 0.3) is 0 Å². The van der Waals surface area contributed by atoms with Crippen molar-refractivity contribution in [1.29, 1.82) is 0 Å². The molecule has 0 heterocycles. The number of hydrogen-bond acceptors (Lipinski definition) is 5. The minimum absolute atomic E-state index is 0.0421. The van der Waals surface area contributed by atoms with Gasteiger partial charge >= 0.3 is 12.3 Å². The molecule has 196 valence electrons. The first-order valence-corrected chi connectivity index (χ1v) is 11.9. The highest BCUT2D eigenvalue weighted by Crippen LogP contribution is 2.37. The highest BCUT2D eigenvalue weighted by atomic mass is 79.9. The van der Waals surface area contributed by atoms with Gasteiger partial charge in [-0.25, -0.2) is 4.79 Å². The summed E-state index contributed by atoms with van der Waals surface area (Å²) in [6, 6.07) is 9.40. The van der Waals surface area contributed by atoms with Gasteiger partial charge in [-0.05, 0) is 57.0 Å². The normalized spacial score (nSPS) is 11.7. The Kier molecular flexibility index (Phi) is 9.53. The van der Waals surface area contributed by atoms with Crippen LogP contribution in [0.5, 0.6) is 0 Å². The Morgan fingerprint density at radius 1 is 1.06 bits per heavy atom. The summed E-state index contributed by atoms with van der Waals surface area (Å²) in [4.78, 5) is 38.1. The van der Waals surface area contributed by atoms with Gasteiger partial charge in [0.25, 0.3) is 0 Å². The first-order chi connectivity index (χ1) is 16.6. The van der Waals surface area contributed by atoms with E-state index < -0.39 is 41.5 Å². The predicted octanol–water partition coefficient (Wildman–Crippen LogP) is 6.58. The van der Waals surface area contributed by atoms with Crippen LogP contribution in [0.15, 0.2) is 46.9 Å². The average Bonchev–Trinajstić information content (AvgIpc) is 2.73. The van der Waals surface area contributed by atoms with E-state index in [1.54, 1.807) is 39.0 Å². The van der Waals surface area contributed by atoms with Crippen LogP contribution in [0.3, 0.4) is 0 Å². The van der Waals surface area contributed by atoms with Gasteiger partial charge in [0.05, 0.1) is 17.7 Å². The van der Waals surface area contributed by atoms with E-state index in [4.69, 9.17) is 4.74 Å². The number of carbonyl (C=O) groups is 3. The summed E-state index contributed by atoms with van der Waals surface area (Å²) >= 11 is 3.25. The van der Waals surface area contributed by atoms with Gasteiger partial charge in [0.2, 0.25) is 5.91 Å². The molecule has 0 spiro atoms. The number of carbonyl (C=O) groups excluding carboxylic acids is 3. The van der Waals surface area contributed by atoms with Crippen molar-refractivity contribution in [3.8, 4) is 0 Å². The quantitative estimate of drug-likeness (QED) is 0.222. The van der Waals surface area contributed by atoms with Crippen molar-refractivity contribution in [3.05, 3.63) is 58.1 Å². The maximum atomic E-state index is 13.6. The minimum Gasteiger partial charge on any atom is -0.442 e. The zero-order valence-electron chi connectivity index (χ0n) is 20.6. The number of hydrazine groups is 1. The highest BCUT2D eigenvalue weighted by Gasteiger charge is 2.35. The van der Waals surface area contributed by atoms with Crippen LogP contribution in [0, 0.1) is 5.92 Å². The van der Waals surface area contributed by atoms with Gasteiger partial charge in [-0.2, -0.15) is 18.2 Å². The van der Waals surface area contributed by atoms with Crippen molar-refractivity contribution in [3.63, 3.8) is 0 Å². The minimum atomic E-state index is -4.64. The third kappa shape index (κ3) is 8.85. The van der Waals surface area contributed by atoms with Gasteiger partial charge in [0.1, 0.15) is 5.60 Å². The molecule has 2 amide bonds. The van der Waals surface area contributed by atoms with E-state index in [0.29, 0.717) is 9.48 Å². The van der Waals surface area contributed by atoms with E-state index >= 15 is 0 Å². The van der Waals surface area contributed by atoms with Gasteiger partial charge in [-0.3, -0.25) is 15.0 Å². The summed E-state index contributed by atoms with van der Waals surface area (Å²) in [5.41, 5.74) is 0.351. The number of ether oxygens (including phenoxy) is 1. The third-order valence-corrected chi connectivity index (χ3v) is 5.04. The second kappa shape index (κ2) is 11.8. The first-order valence-electron chi connectivity index (χ1n) is 11.1. The van der Waals surface area contributed by atoms with Gasteiger partial charge in [0.15, 0.2) is 5.78 Å². The maximum absolute atomic E-state index is 13.6. The molecule has 0 atom stereocenters. The molecule has 0 fully saturated rings. The van der Waals surface area contributed by atoms with Crippen molar-refractivity contribution in [1.82, 2.24) is 5.43 Å². The fraction of sp³-hybridized carbons (Fsp3) is 0.400. The summed E-state index contributed by atoms with van der Waals surface area (Å²) in [5.74, 6) is -1.31. The molecule has 0 aliphatic heterocycles. The van der Waals surface area contributed by atoms with E-state index in [0.717, 1.165) is 18.2 Å². The molecule has 11 heteroatoms. The number of alkyl halides is 3. The summed E-state index contributed by atoms with van der Waals surface area (Å²) in [5, 5.41) is 3.44. The summed E-state index contributed by atoms with van der Waals surface area (Å²) in [6.45, 7) is 8.71. The molecule has 0 unspecified atom stereocenters. The molecule has 0 saturated carbocycles. The average molecular weight is 572 g/mol. The number of benzene rings is 2. The van der Waals surface area contributed by atoms with Crippen LogP contribution in [0.1, 0.15) is 57.0 Å². The molecule has 0 aliphatic rings. The standard InChI is InChI=1S/C25H29BrF3N3O4/c1-15(2)14-30-20-12-18(9-10-19(20)25(27,28)29)32(23(35)36-24(3,4)5)31-22(34)13-21(33)16-7-6-8-17(26)11-16/h6-12,15,30H,13-14H2,1-5H3,(H,31,34). The molecular weight excluding hydrogens is 543 g/mol. The van der Waals surface area contributed by atoms with Gasteiger partial charge < -0.3 is 10.1 Å². The fourth-order valence-corrected chi connectivity index (χ4v) is 3.38. The molecule has 2 rings (SSSR count). The monoisotopic (exact) mass is 571 g/mol. The summed E-state index contributed by atoms with van der Waals surface area (Å²) < 4.78 is 46.7. The second-order valence-corrected chi connectivity index (χ2v) is 10.4. The summed E-state index contributed by atoms with van der Waals surface area (Å²) in [7, 11) is 0. The SMILES string of the molecule is CC(C)CNc1cc(N(NC(=O)CC(=O)c2cccc(Br)c2)C(=O)OC(C)(C)C)ccc1C(F)(F)F. The molecule has 2 aromatic rings. The van der Waals surface area contributed by atoms with Gasteiger partial charge in [0, 0.05) is 22.3 Å². The molecule has 2 N–H and O–H groups in total. The van der Waals surface area contributed by atoms with Crippen molar-refractivity contribution < 1.29 is 32.3 Å². The Balaban J connectivity index is 2.39. The molecule has 0 aromatic heterocycles. The van der Waals surface area contributed by atoms with Crippen LogP contribution < -0.4 is 15.8 Å². The molecule has 0 radical (unpaired) electrons. The number of ketones is 1. The number of Topliss-reactive ketones (excluding diaryl/α,β-unsaturated/α-hetero) is 1. The topological polar surface area (TPSA) is 87.7 Å². The van der Waals surface area contributed by atoms with E-state index in [1.165, 1.54) is 6.07 Å². The highest BCUT2D eigenvalue weighted by molar-refractivity contribution is 9.10. The lowest BCUT2D eigenvalue weighted by atomic mass is 10.1. The largest absolute Gasteiger partial charge is 0.442 e. The number of amides is 2. The zero-order valence-corrected chi connectivity index (χ0v) is 22.2. The van der Waals surface area contributed by atoms with Crippen molar-refractivity contribution in [2.24, 2.45) is 5.92 Å². The number of nitrogens with zero attached hydrogens (tertiary/aromatic N) is 1. The molecule has 2 aromatic carbocycles. The van der Waals surface area contributed by atoms with Crippen LogP contribution in [-0.4, -0.2) is 29.9 Å². The van der Waals surface area contributed by atoms with E-state index in [-0.39, 0.29) is 29.4 Å². The zero-order chi connectivity index (χ0) is 27.3. The molecular formula is C25H29BrF3N3O4. The Morgan fingerprint density at radius 3 is 2.28 bits per heavy atom. The number of rotatable bonds is 7. The third-order valence-electron chi connectivity index (χ3n) is 4.55. The Morgan fingerprint density at radius 2 is 1.72 bits per heavy atom. The molecule has 36 heavy (non-hydrogen) atoms. The van der Waals surface area contributed by atoms with Crippen LogP contribution in [0.4, 0.5) is 29.3 Å². The van der Waals surface area contributed by atoms with Crippen LogP contribution >= 0.6 is 15.9 Å².